The molecule has 0 spiro atoms. The molecule has 5 rings (SSSR count). The standard InChI is InChI=1S/C28H35N9O2S/c1-3-13-29-27(38)23-20-30-28(31-21-9-11-22(12-10-21)37-16-14-36(2)15-17-37)34-26(23)33-24-7-6-8-25(32-24)35-40(39)18-4-5-19-40/h3,6-12,20H,1,4-5,13-19H2,2H3,(H,29,38)(H2,30,31,32,33,34). The third-order valence-corrected chi connectivity index (χ3v) is 9.22. The third kappa shape index (κ3) is 6.93. The van der Waals surface area contributed by atoms with Gasteiger partial charge in [-0.3, -0.25) is 4.79 Å². The lowest BCUT2D eigenvalue weighted by molar-refractivity contribution is 0.0958. The lowest BCUT2D eigenvalue weighted by atomic mass is 10.2. The molecule has 2 aromatic heterocycles. The number of likely N-dealkylation sites (N-methyl/N-ethyl adjacent to an activating group) is 1. The number of piperazine rings is 1. The molecule has 3 aromatic rings. The van der Waals surface area contributed by atoms with Gasteiger partial charge in [0, 0.05) is 61.8 Å². The molecule has 2 aliphatic heterocycles. The van der Waals surface area contributed by atoms with Crippen LogP contribution < -0.4 is 20.9 Å². The average molecular weight is 562 g/mol. The van der Waals surface area contributed by atoms with Crippen LogP contribution in [0, 0.1) is 0 Å². The summed E-state index contributed by atoms with van der Waals surface area (Å²) in [5.41, 5.74) is 2.25. The van der Waals surface area contributed by atoms with Crippen molar-refractivity contribution in [2.24, 2.45) is 4.36 Å². The summed E-state index contributed by atoms with van der Waals surface area (Å²) in [5, 5.41) is 9.13. The second kappa shape index (κ2) is 12.4. The smallest absolute Gasteiger partial charge is 0.256 e. The molecule has 2 fully saturated rings. The van der Waals surface area contributed by atoms with Gasteiger partial charge in [0.05, 0.1) is 9.73 Å². The van der Waals surface area contributed by atoms with Crippen LogP contribution in [-0.4, -0.2) is 81.2 Å². The molecule has 40 heavy (non-hydrogen) atoms. The maximum Gasteiger partial charge on any atom is 0.256 e. The van der Waals surface area contributed by atoms with Crippen LogP contribution in [0.15, 0.2) is 65.7 Å². The van der Waals surface area contributed by atoms with Crippen LogP contribution >= 0.6 is 0 Å². The van der Waals surface area contributed by atoms with E-state index in [0.717, 1.165) is 44.7 Å². The van der Waals surface area contributed by atoms with Crippen molar-refractivity contribution in [2.45, 2.75) is 12.8 Å². The molecule has 4 heterocycles. The van der Waals surface area contributed by atoms with Crippen LogP contribution in [0.3, 0.4) is 0 Å². The van der Waals surface area contributed by atoms with Crippen LogP contribution in [-0.2, 0) is 9.73 Å². The highest BCUT2D eigenvalue weighted by atomic mass is 32.2. The maximum atomic E-state index is 12.9. The van der Waals surface area contributed by atoms with Crippen molar-refractivity contribution < 1.29 is 9.00 Å². The van der Waals surface area contributed by atoms with E-state index < -0.39 is 9.73 Å². The second-order valence-corrected chi connectivity index (χ2v) is 12.4. The number of nitrogens with zero attached hydrogens (tertiary/aromatic N) is 6. The summed E-state index contributed by atoms with van der Waals surface area (Å²) in [5.74, 6) is 2.27. The fourth-order valence-electron chi connectivity index (χ4n) is 4.60. The van der Waals surface area contributed by atoms with Crippen molar-refractivity contribution in [3.8, 4) is 0 Å². The molecule has 3 N–H and O–H groups in total. The Morgan fingerprint density at radius 1 is 1.05 bits per heavy atom. The molecule has 11 nitrogen and oxygen atoms in total. The van der Waals surface area contributed by atoms with Crippen molar-refractivity contribution in [3.05, 3.63) is 66.9 Å². The summed E-state index contributed by atoms with van der Waals surface area (Å²) in [6.07, 6.45) is 4.90. The van der Waals surface area contributed by atoms with E-state index in [2.05, 4.69) is 70.8 Å². The number of aromatic nitrogens is 3. The molecule has 2 saturated heterocycles. The highest BCUT2D eigenvalue weighted by molar-refractivity contribution is 7.93. The quantitative estimate of drug-likeness (QED) is 0.333. The molecular formula is C28H35N9O2S. The molecule has 0 unspecified atom stereocenters. The number of benzene rings is 1. The van der Waals surface area contributed by atoms with Crippen molar-refractivity contribution in [3.63, 3.8) is 0 Å². The Kier molecular flexibility index (Phi) is 8.56. The normalized spacial score (nSPS) is 16.8. The van der Waals surface area contributed by atoms with Crippen molar-refractivity contribution in [2.75, 3.05) is 66.8 Å². The molecule has 12 heteroatoms. The number of carbonyl (C=O) groups is 1. The highest BCUT2D eigenvalue weighted by Crippen LogP contribution is 2.25. The van der Waals surface area contributed by atoms with E-state index >= 15 is 0 Å². The lowest BCUT2D eigenvalue weighted by Gasteiger charge is -2.34. The second-order valence-electron chi connectivity index (χ2n) is 9.90. The first-order valence-corrected chi connectivity index (χ1v) is 15.3. The van der Waals surface area contributed by atoms with E-state index in [4.69, 9.17) is 0 Å². The minimum Gasteiger partial charge on any atom is -0.369 e. The number of amides is 1. The Labute approximate surface area is 235 Å². The minimum atomic E-state index is -2.26. The first kappa shape index (κ1) is 27.5. The minimum absolute atomic E-state index is 0.253. The van der Waals surface area contributed by atoms with E-state index in [1.807, 2.05) is 12.1 Å². The number of pyridine rings is 1. The van der Waals surface area contributed by atoms with Gasteiger partial charge in [-0.25, -0.2) is 14.2 Å². The first-order valence-electron chi connectivity index (χ1n) is 13.4. The predicted octanol–water partition coefficient (Wildman–Crippen LogP) is 3.92. The molecule has 0 radical (unpaired) electrons. The molecule has 210 valence electrons. The van der Waals surface area contributed by atoms with Gasteiger partial charge < -0.3 is 25.8 Å². The number of anilines is 5. The molecule has 2 aliphatic rings. The van der Waals surface area contributed by atoms with Gasteiger partial charge in [-0.1, -0.05) is 12.1 Å². The molecular weight excluding hydrogens is 526 g/mol. The topological polar surface area (TPSA) is 128 Å². The van der Waals surface area contributed by atoms with Crippen LogP contribution in [0.2, 0.25) is 0 Å². The van der Waals surface area contributed by atoms with Gasteiger partial charge in [0.15, 0.2) is 5.82 Å². The summed E-state index contributed by atoms with van der Waals surface area (Å²) >= 11 is 0. The van der Waals surface area contributed by atoms with Gasteiger partial charge in [0.25, 0.3) is 5.91 Å². The van der Waals surface area contributed by atoms with Crippen LogP contribution in [0.1, 0.15) is 23.2 Å². The lowest BCUT2D eigenvalue weighted by Crippen LogP contribution is -2.44. The Morgan fingerprint density at radius 2 is 1.80 bits per heavy atom. The largest absolute Gasteiger partial charge is 0.369 e. The number of hydrogen-bond acceptors (Lipinski definition) is 10. The van der Waals surface area contributed by atoms with Crippen LogP contribution in [0.4, 0.5) is 34.8 Å². The van der Waals surface area contributed by atoms with E-state index in [1.54, 1.807) is 24.3 Å². The Bertz CT molecular complexity index is 1470. The van der Waals surface area contributed by atoms with E-state index in [-0.39, 0.29) is 17.3 Å². The summed E-state index contributed by atoms with van der Waals surface area (Å²) in [6, 6.07) is 13.4. The maximum absolute atomic E-state index is 12.9. The number of rotatable bonds is 9. The summed E-state index contributed by atoms with van der Waals surface area (Å²) in [4.78, 5) is 31.0. The van der Waals surface area contributed by atoms with Crippen molar-refractivity contribution >= 4 is 50.4 Å². The van der Waals surface area contributed by atoms with E-state index in [9.17, 15) is 9.00 Å². The third-order valence-electron chi connectivity index (χ3n) is 6.85. The zero-order valence-corrected chi connectivity index (χ0v) is 23.5. The molecule has 1 amide bonds. The summed E-state index contributed by atoms with van der Waals surface area (Å²) in [6.45, 7) is 8.04. The van der Waals surface area contributed by atoms with Gasteiger partial charge in [-0.15, -0.1) is 6.58 Å². The van der Waals surface area contributed by atoms with Crippen LogP contribution in [0.25, 0.3) is 0 Å². The fraction of sp³-hybridized carbons (Fsp3) is 0.357. The zero-order valence-electron chi connectivity index (χ0n) is 22.7. The molecule has 0 aliphatic carbocycles. The molecule has 0 saturated carbocycles. The molecule has 1 aromatic carbocycles. The predicted molar refractivity (Wildman–Crippen MR) is 161 cm³/mol. The van der Waals surface area contributed by atoms with Crippen LogP contribution in [0.5, 0.6) is 0 Å². The van der Waals surface area contributed by atoms with Gasteiger partial charge in [0.1, 0.15) is 17.2 Å². The number of nitrogens with one attached hydrogen (secondary N) is 3. The molecule has 0 atom stereocenters. The van der Waals surface area contributed by atoms with E-state index in [0.29, 0.717) is 35.6 Å². The SMILES string of the molecule is C=CCNC(=O)c1cnc(Nc2ccc(N3CCN(C)CC3)cc2)nc1Nc1cccc(N=S2(=O)CCCC2)n1. The number of carbonyl (C=O) groups excluding carboxylic acids is 1. The Morgan fingerprint density at radius 3 is 2.52 bits per heavy atom. The Hall–Kier alpha value is -4.03. The van der Waals surface area contributed by atoms with Gasteiger partial charge in [-0.2, -0.15) is 9.35 Å². The fourth-order valence-corrected chi connectivity index (χ4v) is 6.74. The zero-order chi connectivity index (χ0) is 28.0. The van der Waals surface area contributed by atoms with Crippen molar-refractivity contribution in [1.29, 1.82) is 0 Å². The average Bonchev–Trinajstić information content (AvgIpc) is 3.38. The Balaban J connectivity index is 1.37. The first-order chi connectivity index (χ1) is 19.4. The van der Waals surface area contributed by atoms with E-state index in [1.165, 1.54) is 11.9 Å². The van der Waals surface area contributed by atoms with Gasteiger partial charge in [-0.05, 0) is 56.3 Å². The summed E-state index contributed by atoms with van der Waals surface area (Å²) in [7, 11) is -0.120. The number of hydrogen-bond donors (Lipinski definition) is 3. The summed E-state index contributed by atoms with van der Waals surface area (Å²) < 4.78 is 17.3. The molecule has 0 bridgehead atoms. The monoisotopic (exact) mass is 561 g/mol. The van der Waals surface area contributed by atoms with Gasteiger partial charge in [0.2, 0.25) is 5.95 Å². The van der Waals surface area contributed by atoms with Crippen molar-refractivity contribution in [1.82, 2.24) is 25.2 Å². The highest BCUT2D eigenvalue weighted by Gasteiger charge is 2.19. The van der Waals surface area contributed by atoms with Gasteiger partial charge >= 0.3 is 0 Å².